The Morgan fingerprint density at radius 1 is 1.10 bits per heavy atom. The molecule has 208 valence electrons. The highest BCUT2D eigenvalue weighted by Crippen LogP contribution is 2.39. The van der Waals surface area contributed by atoms with Gasteiger partial charge in [-0.2, -0.15) is 0 Å². The molecule has 2 N–H and O–H groups in total. The zero-order valence-corrected chi connectivity index (χ0v) is 22.9. The highest BCUT2D eigenvalue weighted by Gasteiger charge is 2.20. The molecule has 9 heteroatoms. The number of aromatic amines is 1. The first-order valence-corrected chi connectivity index (χ1v) is 13.8. The van der Waals surface area contributed by atoms with Crippen LogP contribution < -0.4 is 15.8 Å². The molecule has 41 heavy (non-hydrogen) atoms. The minimum atomic E-state index is -0.433. The van der Waals surface area contributed by atoms with Gasteiger partial charge in [0.05, 0.1) is 17.2 Å². The quantitative estimate of drug-likeness (QED) is 0.212. The topological polar surface area (TPSA) is 96.2 Å². The van der Waals surface area contributed by atoms with Gasteiger partial charge in [-0.3, -0.25) is 9.59 Å². The van der Waals surface area contributed by atoms with Gasteiger partial charge in [0, 0.05) is 72.2 Å². The summed E-state index contributed by atoms with van der Waals surface area (Å²) in [5.41, 5.74) is 4.26. The molecule has 8 nitrogen and oxygen atoms in total. The number of anilines is 1. The van der Waals surface area contributed by atoms with Gasteiger partial charge in [0.2, 0.25) is 0 Å². The second kappa shape index (κ2) is 10.9. The molecule has 0 aliphatic rings. The Hall–Kier alpha value is -4.92. The number of hydrogen-bond acceptors (Lipinski definition) is 5. The molecule has 0 atom stereocenters. The molecule has 0 saturated heterocycles. The minimum Gasteiger partial charge on any atom is -0.455 e. The van der Waals surface area contributed by atoms with E-state index >= 15 is 0 Å². The van der Waals surface area contributed by atoms with Crippen LogP contribution in [0.2, 0.25) is 0 Å². The van der Waals surface area contributed by atoms with E-state index in [0.29, 0.717) is 44.9 Å². The number of rotatable bonds is 9. The van der Waals surface area contributed by atoms with Crippen molar-refractivity contribution in [2.24, 2.45) is 0 Å². The Morgan fingerprint density at radius 3 is 2.73 bits per heavy atom. The number of fused-ring (bicyclic) bond motifs is 5. The van der Waals surface area contributed by atoms with E-state index in [2.05, 4.69) is 34.0 Å². The van der Waals surface area contributed by atoms with Gasteiger partial charge in [0.1, 0.15) is 17.0 Å². The van der Waals surface area contributed by atoms with Gasteiger partial charge in [0.25, 0.3) is 11.5 Å². The van der Waals surface area contributed by atoms with Crippen LogP contribution in [0.25, 0.3) is 44.0 Å². The van der Waals surface area contributed by atoms with Crippen LogP contribution in [0.1, 0.15) is 30.6 Å². The molecule has 6 aromatic rings. The molecule has 3 aromatic carbocycles. The molecule has 0 aliphatic carbocycles. The Balaban J connectivity index is 1.42. The maximum Gasteiger partial charge on any atom is 0.260 e. The van der Waals surface area contributed by atoms with Gasteiger partial charge in [-0.15, -0.1) is 0 Å². The van der Waals surface area contributed by atoms with Crippen LogP contribution >= 0.6 is 0 Å². The van der Waals surface area contributed by atoms with E-state index in [4.69, 9.17) is 4.42 Å². The molecule has 0 spiro atoms. The number of nitrogens with one attached hydrogen (secondary N) is 2. The summed E-state index contributed by atoms with van der Waals surface area (Å²) in [5.74, 6) is -0.580. The van der Waals surface area contributed by atoms with Crippen LogP contribution in [-0.2, 0) is 6.54 Å². The SMILES string of the molecule is CCN(CC)c1cc2oc3c4ccc(F)cc4[nH]c(=O)c3c2cc1-c1cccc(C(=O)NCCCn2ccnc2)c1. The summed E-state index contributed by atoms with van der Waals surface area (Å²) < 4.78 is 22.1. The first-order valence-electron chi connectivity index (χ1n) is 13.8. The number of furan rings is 1. The molecule has 0 unspecified atom stereocenters. The maximum atomic E-state index is 13.9. The molecule has 0 radical (unpaired) electrons. The summed E-state index contributed by atoms with van der Waals surface area (Å²) in [6.07, 6.45) is 6.18. The normalized spacial score (nSPS) is 11.5. The molecule has 0 fully saturated rings. The van der Waals surface area contributed by atoms with Crippen molar-refractivity contribution < 1.29 is 13.6 Å². The van der Waals surface area contributed by atoms with Gasteiger partial charge >= 0.3 is 0 Å². The van der Waals surface area contributed by atoms with Crippen molar-refractivity contribution in [2.45, 2.75) is 26.8 Å². The Kier molecular flexibility index (Phi) is 7.01. The molecule has 0 aliphatic heterocycles. The first kappa shape index (κ1) is 26.3. The second-order valence-corrected chi connectivity index (χ2v) is 9.98. The van der Waals surface area contributed by atoms with Crippen molar-refractivity contribution >= 4 is 44.4 Å². The predicted molar refractivity (Wildman–Crippen MR) is 160 cm³/mol. The Morgan fingerprint density at radius 2 is 1.95 bits per heavy atom. The van der Waals surface area contributed by atoms with Crippen LogP contribution in [0.5, 0.6) is 0 Å². The zero-order chi connectivity index (χ0) is 28.5. The van der Waals surface area contributed by atoms with Gasteiger partial charge in [0.15, 0.2) is 0 Å². The van der Waals surface area contributed by atoms with Crippen LogP contribution in [0.15, 0.2) is 82.5 Å². The predicted octanol–water partition coefficient (Wildman–Crippen LogP) is 6.10. The highest BCUT2D eigenvalue weighted by molar-refractivity contribution is 6.15. The van der Waals surface area contributed by atoms with Crippen LogP contribution in [-0.4, -0.2) is 40.1 Å². The smallest absolute Gasteiger partial charge is 0.260 e. The van der Waals surface area contributed by atoms with Gasteiger partial charge in [-0.1, -0.05) is 12.1 Å². The van der Waals surface area contributed by atoms with Crippen molar-refractivity contribution in [3.8, 4) is 11.1 Å². The molecule has 3 aromatic heterocycles. The number of halogens is 1. The van der Waals surface area contributed by atoms with Crippen molar-refractivity contribution in [3.05, 3.63) is 95.1 Å². The molecule has 0 saturated carbocycles. The fraction of sp³-hybridized carbons (Fsp3) is 0.219. The van der Waals surface area contributed by atoms with Crippen molar-refractivity contribution in [2.75, 3.05) is 24.5 Å². The number of pyridine rings is 1. The van der Waals surface area contributed by atoms with Crippen molar-refractivity contribution in [1.82, 2.24) is 19.9 Å². The number of carbonyl (C=O) groups is 1. The number of carbonyl (C=O) groups excluding carboxylic acids is 1. The maximum absolute atomic E-state index is 13.9. The number of hydrogen-bond donors (Lipinski definition) is 2. The molecule has 3 heterocycles. The van der Waals surface area contributed by atoms with Crippen LogP contribution in [0, 0.1) is 5.82 Å². The molecule has 1 amide bonds. The monoisotopic (exact) mass is 551 g/mol. The fourth-order valence-electron chi connectivity index (χ4n) is 5.42. The number of H-pyrrole nitrogens is 1. The van der Waals surface area contributed by atoms with Crippen LogP contribution in [0.3, 0.4) is 0 Å². The average molecular weight is 552 g/mol. The molecular weight excluding hydrogens is 521 g/mol. The van der Waals surface area contributed by atoms with E-state index in [9.17, 15) is 14.0 Å². The van der Waals surface area contributed by atoms with E-state index in [-0.39, 0.29) is 11.5 Å². The lowest BCUT2D eigenvalue weighted by molar-refractivity contribution is 0.0952. The van der Waals surface area contributed by atoms with E-state index in [1.54, 1.807) is 24.7 Å². The number of benzene rings is 3. The second-order valence-electron chi connectivity index (χ2n) is 9.98. The number of aromatic nitrogens is 3. The third-order valence-electron chi connectivity index (χ3n) is 7.49. The van der Waals surface area contributed by atoms with Crippen LogP contribution in [0.4, 0.5) is 10.1 Å². The third-order valence-corrected chi connectivity index (χ3v) is 7.49. The van der Waals surface area contributed by atoms with E-state index < -0.39 is 5.82 Å². The molecule has 6 rings (SSSR count). The lowest BCUT2D eigenvalue weighted by atomic mass is 9.98. The average Bonchev–Trinajstić information content (AvgIpc) is 3.63. The van der Waals surface area contributed by atoms with Crippen molar-refractivity contribution in [1.29, 1.82) is 0 Å². The highest BCUT2D eigenvalue weighted by atomic mass is 19.1. The lowest BCUT2D eigenvalue weighted by Gasteiger charge is -2.24. The van der Waals surface area contributed by atoms with Crippen molar-refractivity contribution in [3.63, 3.8) is 0 Å². The number of aryl methyl sites for hydroxylation is 1. The summed E-state index contributed by atoms with van der Waals surface area (Å²) in [4.78, 5) is 35.3. The summed E-state index contributed by atoms with van der Waals surface area (Å²) in [5, 5.41) is 4.72. The Bertz CT molecular complexity index is 1940. The number of amides is 1. The summed E-state index contributed by atoms with van der Waals surface area (Å²) in [7, 11) is 0. The van der Waals surface area contributed by atoms with E-state index in [1.165, 1.54) is 12.1 Å². The van der Waals surface area contributed by atoms with E-state index in [0.717, 1.165) is 42.9 Å². The van der Waals surface area contributed by atoms with Gasteiger partial charge < -0.3 is 24.2 Å². The summed E-state index contributed by atoms with van der Waals surface area (Å²) >= 11 is 0. The largest absolute Gasteiger partial charge is 0.455 e. The lowest BCUT2D eigenvalue weighted by Crippen LogP contribution is -2.25. The summed E-state index contributed by atoms with van der Waals surface area (Å²) in [6.45, 7) is 6.99. The first-order chi connectivity index (χ1) is 20.0. The minimum absolute atomic E-state index is 0.146. The van der Waals surface area contributed by atoms with Gasteiger partial charge in [-0.25, -0.2) is 9.37 Å². The third kappa shape index (κ3) is 4.95. The van der Waals surface area contributed by atoms with E-state index in [1.807, 2.05) is 41.1 Å². The number of imidazole rings is 1. The molecular formula is C32H30FN5O3. The zero-order valence-electron chi connectivity index (χ0n) is 22.9. The molecule has 0 bridgehead atoms. The van der Waals surface area contributed by atoms with Gasteiger partial charge in [-0.05, 0) is 62.2 Å². The standard InChI is InChI=1S/C32H30FN5O3/c1-3-38(4-2)27-18-28-25(29-30(41-28)23-10-9-22(33)16-26(23)36-32(29)40)17-24(27)20-7-5-8-21(15-20)31(39)35-11-6-13-37-14-12-34-19-37/h5,7-10,12,14-19H,3-4,6,11,13H2,1-2H3,(H,35,39)(H,36,40). The Labute approximate surface area is 235 Å². The fourth-order valence-corrected chi connectivity index (χ4v) is 5.42. The summed E-state index contributed by atoms with van der Waals surface area (Å²) in [6, 6.07) is 15.7. The number of nitrogens with zero attached hydrogens (tertiary/aromatic N) is 3.